The van der Waals surface area contributed by atoms with Gasteiger partial charge < -0.3 is 9.73 Å². The zero-order valence-corrected chi connectivity index (χ0v) is 15.2. The van der Waals surface area contributed by atoms with E-state index in [1.54, 1.807) is 12.1 Å². The fourth-order valence-electron chi connectivity index (χ4n) is 2.37. The van der Waals surface area contributed by atoms with Gasteiger partial charge in [0.05, 0.1) is 4.92 Å². The normalized spacial score (nSPS) is 10.6. The summed E-state index contributed by atoms with van der Waals surface area (Å²) in [6, 6.07) is 13.7. The lowest BCUT2D eigenvalue weighted by atomic mass is 10.1. The van der Waals surface area contributed by atoms with Crippen molar-refractivity contribution in [3.05, 3.63) is 64.2 Å². The van der Waals surface area contributed by atoms with Crippen molar-refractivity contribution >= 4 is 29.0 Å². The lowest BCUT2D eigenvalue weighted by Gasteiger charge is -2.05. The largest absolute Gasteiger partial charge is 0.411 e. The summed E-state index contributed by atoms with van der Waals surface area (Å²) in [4.78, 5) is 22.5. The number of para-hydroxylation sites is 2. The highest BCUT2D eigenvalue weighted by Gasteiger charge is 2.15. The number of carbonyl (C=O) groups excluding carboxylic acids is 1. The van der Waals surface area contributed by atoms with Crippen LogP contribution < -0.4 is 5.32 Å². The molecular formula is C18H16N4O4S. The highest BCUT2D eigenvalue weighted by Crippen LogP contribution is 2.26. The molecule has 138 valence electrons. The van der Waals surface area contributed by atoms with Crippen molar-refractivity contribution < 1.29 is 14.1 Å². The number of hydrogen-bond donors (Lipinski definition) is 1. The zero-order chi connectivity index (χ0) is 19.2. The second-order valence-electron chi connectivity index (χ2n) is 5.61. The number of aryl methyl sites for hydroxylation is 1. The maximum Gasteiger partial charge on any atom is 0.292 e. The number of thioether (sulfide) groups is 1. The Morgan fingerprint density at radius 1 is 1.19 bits per heavy atom. The molecule has 3 aromatic rings. The third-order valence-electron chi connectivity index (χ3n) is 3.71. The Labute approximate surface area is 159 Å². The number of benzene rings is 2. The van der Waals surface area contributed by atoms with Gasteiger partial charge in [-0.2, -0.15) is 0 Å². The van der Waals surface area contributed by atoms with E-state index in [2.05, 4.69) is 15.5 Å². The quantitative estimate of drug-likeness (QED) is 0.371. The van der Waals surface area contributed by atoms with Crippen LogP contribution in [0.3, 0.4) is 0 Å². The number of aromatic nitrogens is 2. The van der Waals surface area contributed by atoms with Crippen LogP contribution in [0.15, 0.2) is 58.2 Å². The van der Waals surface area contributed by atoms with E-state index >= 15 is 0 Å². The number of anilines is 1. The molecule has 3 rings (SSSR count). The van der Waals surface area contributed by atoms with Gasteiger partial charge in [-0.1, -0.05) is 42.1 Å². The Kier molecular flexibility index (Phi) is 5.82. The first-order valence-corrected chi connectivity index (χ1v) is 9.08. The molecule has 27 heavy (non-hydrogen) atoms. The van der Waals surface area contributed by atoms with Crippen molar-refractivity contribution in [3.63, 3.8) is 0 Å². The summed E-state index contributed by atoms with van der Waals surface area (Å²) < 4.78 is 5.62. The summed E-state index contributed by atoms with van der Waals surface area (Å²) in [6.45, 7) is 1.96. The van der Waals surface area contributed by atoms with Crippen molar-refractivity contribution in [1.82, 2.24) is 10.2 Å². The predicted octanol–water partition coefficient (Wildman–Crippen LogP) is 4.07. The number of carbonyl (C=O) groups is 1. The van der Waals surface area contributed by atoms with Gasteiger partial charge in [0.15, 0.2) is 0 Å². The summed E-state index contributed by atoms with van der Waals surface area (Å²) in [5.41, 5.74) is 1.93. The number of amides is 1. The maximum atomic E-state index is 12.0. The van der Waals surface area contributed by atoms with Crippen LogP contribution in [-0.2, 0) is 4.79 Å². The molecule has 0 fully saturated rings. The van der Waals surface area contributed by atoms with Crippen LogP contribution in [-0.4, -0.2) is 26.8 Å². The maximum absolute atomic E-state index is 12.0. The number of nitro groups is 1. The van der Waals surface area contributed by atoms with Crippen molar-refractivity contribution in [2.45, 2.75) is 18.6 Å². The first kappa shape index (κ1) is 18.6. The second-order valence-corrected chi connectivity index (χ2v) is 6.66. The van der Waals surface area contributed by atoms with Crippen molar-refractivity contribution in [2.75, 3.05) is 11.1 Å². The first-order valence-electron chi connectivity index (χ1n) is 8.10. The SMILES string of the molecule is Cc1ccccc1-c1nnc(SCCC(=O)Nc2ccccc2[N+](=O)[O-])o1. The molecule has 0 atom stereocenters. The molecule has 1 N–H and O–H groups in total. The third-order valence-corrected chi connectivity index (χ3v) is 4.53. The monoisotopic (exact) mass is 384 g/mol. The summed E-state index contributed by atoms with van der Waals surface area (Å²) in [5, 5.41) is 21.9. The minimum atomic E-state index is -0.532. The Morgan fingerprint density at radius 2 is 1.93 bits per heavy atom. The van der Waals surface area contributed by atoms with Gasteiger partial charge in [-0.25, -0.2) is 0 Å². The summed E-state index contributed by atoms with van der Waals surface area (Å²) in [6.07, 6.45) is 0.152. The highest BCUT2D eigenvalue weighted by molar-refractivity contribution is 7.99. The van der Waals surface area contributed by atoms with E-state index in [0.717, 1.165) is 11.1 Å². The number of nitrogens with one attached hydrogen (secondary N) is 1. The highest BCUT2D eigenvalue weighted by atomic mass is 32.2. The van der Waals surface area contributed by atoms with Crippen LogP contribution in [0.2, 0.25) is 0 Å². The van der Waals surface area contributed by atoms with E-state index < -0.39 is 4.92 Å². The molecule has 1 aromatic heterocycles. The Hall–Kier alpha value is -3.20. The molecule has 0 radical (unpaired) electrons. The standard InChI is InChI=1S/C18H16N4O4S/c1-12-6-2-3-7-13(12)17-20-21-18(26-17)27-11-10-16(23)19-14-8-4-5-9-15(14)22(24)25/h2-9H,10-11H2,1H3,(H,19,23). The molecule has 0 saturated carbocycles. The molecule has 0 aliphatic heterocycles. The topological polar surface area (TPSA) is 111 Å². The van der Waals surface area contributed by atoms with Crippen LogP contribution in [0.5, 0.6) is 0 Å². The minimum absolute atomic E-state index is 0.140. The fraction of sp³-hybridized carbons (Fsp3) is 0.167. The molecule has 1 amide bonds. The second kappa shape index (κ2) is 8.45. The molecule has 1 heterocycles. The van der Waals surface area contributed by atoms with Crippen LogP contribution >= 0.6 is 11.8 Å². The fourth-order valence-corrected chi connectivity index (χ4v) is 3.07. The Balaban J connectivity index is 1.54. The molecule has 0 saturated heterocycles. The van der Waals surface area contributed by atoms with Gasteiger partial charge in [0.25, 0.3) is 10.9 Å². The van der Waals surface area contributed by atoms with Gasteiger partial charge in [0.1, 0.15) is 5.69 Å². The predicted molar refractivity (Wildman–Crippen MR) is 102 cm³/mol. The molecule has 8 nitrogen and oxygen atoms in total. The zero-order valence-electron chi connectivity index (χ0n) is 14.4. The molecule has 2 aromatic carbocycles. The average molecular weight is 384 g/mol. The Morgan fingerprint density at radius 3 is 2.70 bits per heavy atom. The van der Waals surface area contributed by atoms with Crippen LogP contribution in [0.4, 0.5) is 11.4 Å². The minimum Gasteiger partial charge on any atom is -0.411 e. The number of rotatable bonds is 7. The smallest absolute Gasteiger partial charge is 0.292 e. The van der Waals surface area contributed by atoms with E-state index in [4.69, 9.17) is 4.42 Å². The number of hydrogen-bond acceptors (Lipinski definition) is 7. The van der Waals surface area contributed by atoms with Gasteiger partial charge in [0, 0.05) is 23.8 Å². The lowest BCUT2D eigenvalue weighted by Crippen LogP contribution is -2.13. The molecule has 9 heteroatoms. The van der Waals surface area contributed by atoms with Crippen LogP contribution in [0.25, 0.3) is 11.5 Å². The summed E-state index contributed by atoms with van der Waals surface area (Å²) >= 11 is 1.26. The lowest BCUT2D eigenvalue weighted by molar-refractivity contribution is -0.383. The van der Waals surface area contributed by atoms with Gasteiger partial charge >= 0.3 is 0 Å². The van der Waals surface area contributed by atoms with Gasteiger partial charge in [0.2, 0.25) is 11.8 Å². The molecule has 0 bridgehead atoms. The first-order chi connectivity index (χ1) is 13.0. The number of nitrogens with zero attached hydrogens (tertiary/aromatic N) is 3. The van der Waals surface area contributed by atoms with E-state index in [-0.39, 0.29) is 23.7 Å². The van der Waals surface area contributed by atoms with Crippen molar-refractivity contribution in [3.8, 4) is 11.5 Å². The van der Waals surface area contributed by atoms with Gasteiger partial charge in [-0.05, 0) is 24.6 Å². The van der Waals surface area contributed by atoms with Crippen molar-refractivity contribution in [2.24, 2.45) is 0 Å². The van der Waals surface area contributed by atoms with E-state index in [0.29, 0.717) is 16.9 Å². The molecule has 0 aliphatic rings. The van der Waals surface area contributed by atoms with E-state index in [9.17, 15) is 14.9 Å². The molecule has 0 aliphatic carbocycles. The third kappa shape index (κ3) is 4.70. The van der Waals surface area contributed by atoms with Gasteiger partial charge in [-0.15, -0.1) is 10.2 Å². The van der Waals surface area contributed by atoms with Crippen LogP contribution in [0, 0.1) is 17.0 Å². The Bertz CT molecular complexity index is 973. The summed E-state index contributed by atoms with van der Waals surface area (Å²) in [5.74, 6) is 0.511. The van der Waals surface area contributed by atoms with E-state index in [1.165, 1.54) is 23.9 Å². The summed E-state index contributed by atoms with van der Waals surface area (Å²) in [7, 11) is 0. The van der Waals surface area contributed by atoms with Gasteiger partial charge in [-0.3, -0.25) is 14.9 Å². The van der Waals surface area contributed by atoms with Crippen LogP contribution in [0.1, 0.15) is 12.0 Å². The molecule has 0 spiro atoms. The average Bonchev–Trinajstić information content (AvgIpc) is 3.11. The van der Waals surface area contributed by atoms with E-state index in [1.807, 2.05) is 31.2 Å². The number of nitro benzene ring substituents is 1. The van der Waals surface area contributed by atoms with Crippen molar-refractivity contribution in [1.29, 1.82) is 0 Å². The molecule has 0 unspecified atom stereocenters. The molecular weight excluding hydrogens is 368 g/mol.